The number of amides is 3. The molecule has 0 radical (unpaired) electrons. The highest BCUT2D eigenvalue weighted by Crippen LogP contribution is 2.20. The van der Waals surface area contributed by atoms with Crippen molar-refractivity contribution in [2.75, 3.05) is 22.9 Å². The van der Waals surface area contributed by atoms with Gasteiger partial charge in [-0.15, -0.1) is 4.40 Å². The van der Waals surface area contributed by atoms with Gasteiger partial charge in [0.05, 0.1) is 24.1 Å². The molecule has 0 fully saturated rings. The van der Waals surface area contributed by atoms with Crippen molar-refractivity contribution in [3.8, 4) is 0 Å². The number of amidine groups is 1. The van der Waals surface area contributed by atoms with E-state index in [0.717, 1.165) is 0 Å². The molecular weight excluding hydrogens is 422 g/mol. The van der Waals surface area contributed by atoms with Crippen LogP contribution in [0, 0.1) is 0 Å². The number of fused-ring (bicyclic) bond motifs is 1. The van der Waals surface area contributed by atoms with Gasteiger partial charge in [-0.3, -0.25) is 4.79 Å². The van der Waals surface area contributed by atoms with Gasteiger partial charge in [0.15, 0.2) is 5.84 Å². The number of furan rings is 1. The van der Waals surface area contributed by atoms with E-state index < -0.39 is 22.0 Å². The zero-order valence-electron chi connectivity index (χ0n) is 16.2. The first kappa shape index (κ1) is 20.4. The summed E-state index contributed by atoms with van der Waals surface area (Å²) >= 11 is 0. The first-order valence-corrected chi connectivity index (χ1v) is 11.0. The lowest BCUT2D eigenvalue weighted by atomic mass is 10.1. The average Bonchev–Trinajstić information content (AvgIpc) is 3.26. The Kier molecular flexibility index (Phi) is 5.58. The van der Waals surface area contributed by atoms with E-state index in [4.69, 9.17) is 4.42 Å². The van der Waals surface area contributed by atoms with Crippen molar-refractivity contribution in [1.82, 2.24) is 10.2 Å². The number of benzene rings is 1. The lowest BCUT2D eigenvalue weighted by molar-refractivity contribution is -0.112. The van der Waals surface area contributed by atoms with Crippen LogP contribution >= 0.6 is 0 Å². The number of carbonyl (C=O) groups excluding carboxylic acids is 2. The summed E-state index contributed by atoms with van der Waals surface area (Å²) in [6.07, 6.45) is 6.39. The van der Waals surface area contributed by atoms with Crippen molar-refractivity contribution >= 4 is 39.2 Å². The summed E-state index contributed by atoms with van der Waals surface area (Å²) < 4.78 is 32.5. The monoisotopic (exact) mass is 441 g/mol. The number of allylic oxidation sites excluding steroid dienone is 2. The molecule has 160 valence electrons. The zero-order chi connectivity index (χ0) is 21.8. The summed E-state index contributed by atoms with van der Waals surface area (Å²) in [6.45, 7) is 0.498. The first-order chi connectivity index (χ1) is 14.9. The Morgan fingerprint density at radius 3 is 2.55 bits per heavy atom. The predicted octanol–water partition coefficient (Wildman–Crippen LogP) is 2.04. The minimum atomic E-state index is -3.59. The molecule has 0 spiro atoms. The van der Waals surface area contributed by atoms with Gasteiger partial charge in [-0.25, -0.2) is 13.2 Å². The number of sulfonamides is 1. The van der Waals surface area contributed by atoms with Gasteiger partial charge in [0.2, 0.25) is 0 Å². The summed E-state index contributed by atoms with van der Waals surface area (Å²) in [7, 11) is -3.59. The van der Waals surface area contributed by atoms with Crippen molar-refractivity contribution in [3.05, 3.63) is 72.3 Å². The van der Waals surface area contributed by atoms with E-state index >= 15 is 0 Å². The minimum Gasteiger partial charge on any atom is -0.467 e. The normalized spacial score (nSPS) is 16.6. The Bertz CT molecular complexity index is 1180. The van der Waals surface area contributed by atoms with Crippen molar-refractivity contribution in [2.45, 2.75) is 6.54 Å². The molecule has 2 aliphatic heterocycles. The van der Waals surface area contributed by atoms with Crippen LogP contribution in [-0.4, -0.2) is 43.4 Å². The highest BCUT2D eigenvalue weighted by molar-refractivity contribution is 7.90. The molecule has 1 aromatic carbocycles. The lowest BCUT2D eigenvalue weighted by Crippen LogP contribution is -2.40. The van der Waals surface area contributed by atoms with Crippen molar-refractivity contribution in [3.63, 3.8) is 0 Å². The molecule has 31 heavy (non-hydrogen) atoms. The summed E-state index contributed by atoms with van der Waals surface area (Å²) in [6, 6.07) is 9.59. The van der Waals surface area contributed by atoms with Gasteiger partial charge in [0.1, 0.15) is 5.76 Å². The second-order valence-corrected chi connectivity index (χ2v) is 8.49. The Labute approximate surface area is 178 Å². The molecule has 3 N–H and O–H groups in total. The Hall–Kier alpha value is -3.86. The minimum absolute atomic E-state index is 0.0979. The molecule has 11 heteroatoms. The lowest BCUT2D eigenvalue weighted by Gasteiger charge is -2.28. The van der Waals surface area contributed by atoms with Crippen LogP contribution in [0.5, 0.6) is 0 Å². The Morgan fingerprint density at radius 2 is 1.84 bits per heavy atom. The molecule has 2 aromatic rings. The molecule has 0 atom stereocenters. The molecule has 3 heterocycles. The molecule has 10 nitrogen and oxygen atoms in total. The number of carbonyl (C=O) groups is 2. The number of nitrogens with one attached hydrogen (secondary N) is 3. The Morgan fingerprint density at radius 1 is 1.10 bits per heavy atom. The van der Waals surface area contributed by atoms with Gasteiger partial charge in [-0.1, -0.05) is 0 Å². The van der Waals surface area contributed by atoms with Crippen molar-refractivity contribution < 1.29 is 22.4 Å². The van der Waals surface area contributed by atoms with E-state index in [2.05, 4.69) is 20.3 Å². The Balaban J connectivity index is 1.37. The average molecular weight is 441 g/mol. The third kappa shape index (κ3) is 5.01. The maximum atomic E-state index is 12.7. The van der Waals surface area contributed by atoms with E-state index in [0.29, 0.717) is 17.1 Å². The zero-order valence-corrected chi connectivity index (χ0v) is 17.1. The quantitative estimate of drug-likeness (QED) is 0.650. The standard InChI is InChI=1S/C20H19N5O5S/c26-19(17-4-1-9-25-10-12-31(28,29)24-18(17)25)22-14-5-7-15(8-6-14)23-20(27)21-13-16-3-2-11-30-16/h1-9,11H,10,12-13H2,(H,22,26)(H2,21,23,27). The van der Waals surface area contributed by atoms with Gasteiger partial charge >= 0.3 is 6.03 Å². The molecule has 1 aromatic heterocycles. The fourth-order valence-electron chi connectivity index (χ4n) is 2.98. The molecule has 0 saturated carbocycles. The van der Waals surface area contributed by atoms with Gasteiger partial charge in [0.25, 0.3) is 15.9 Å². The molecule has 2 aliphatic rings. The van der Waals surface area contributed by atoms with Crippen LogP contribution in [0.2, 0.25) is 0 Å². The van der Waals surface area contributed by atoms with Crippen molar-refractivity contribution in [1.29, 1.82) is 0 Å². The van der Waals surface area contributed by atoms with E-state index in [-0.39, 0.29) is 30.3 Å². The SMILES string of the molecule is O=C(NCc1ccco1)Nc1ccc(NC(=O)C2=CC=CN3CCS(=O)(=O)N=C23)cc1. The van der Waals surface area contributed by atoms with E-state index in [1.165, 1.54) is 12.3 Å². The molecule has 0 unspecified atom stereocenters. The maximum Gasteiger partial charge on any atom is 0.319 e. The molecule has 0 aliphatic carbocycles. The van der Waals surface area contributed by atoms with E-state index in [9.17, 15) is 18.0 Å². The van der Waals surface area contributed by atoms with Crippen LogP contribution in [-0.2, 0) is 21.4 Å². The molecule has 3 amide bonds. The highest BCUT2D eigenvalue weighted by Gasteiger charge is 2.29. The van der Waals surface area contributed by atoms with Crippen LogP contribution in [0.3, 0.4) is 0 Å². The molecule has 0 saturated heterocycles. The topological polar surface area (TPSA) is 133 Å². The summed E-state index contributed by atoms with van der Waals surface area (Å²) in [5.74, 6) is 0.160. The largest absolute Gasteiger partial charge is 0.467 e. The van der Waals surface area contributed by atoms with Gasteiger partial charge in [0, 0.05) is 24.1 Å². The number of rotatable bonds is 5. The van der Waals surface area contributed by atoms with Crippen LogP contribution in [0.1, 0.15) is 5.76 Å². The second-order valence-electron chi connectivity index (χ2n) is 6.73. The fraction of sp³-hybridized carbons (Fsp3) is 0.150. The summed E-state index contributed by atoms with van der Waals surface area (Å²) in [4.78, 5) is 26.3. The second kappa shape index (κ2) is 8.48. The highest BCUT2D eigenvalue weighted by atomic mass is 32.2. The number of hydrogen-bond acceptors (Lipinski definition) is 6. The van der Waals surface area contributed by atoms with Crippen LogP contribution in [0.4, 0.5) is 16.2 Å². The number of anilines is 2. The number of nitrogens with zero attached hydrogens (tertiary/aromatic N) is 2. The van der Waals surface area contributed by atoms with Crippen LogP contribution in [0.15, 0.2) is 75.4 Å². The van der Waals surface area contributed by atoms with Gasteiger partial charge < -0.3 is 25.3 Å². The third-order valence-electron chi connectivity index (χ3n) is 4.51. The fourth-order valence-corrected chi connectivity index (χ4v) is 3.97. The smallest absolute Gasteiger partial charge is 0.319 e. The third-order valence-corrected chi connectivity index (χ3v) is 5.66. The van der Waals surface area contributed by atoms with Crippen molar-refractivity contribution in [2.24, 2.45) is 4.40 Å². The number of urea groups is 1. The molecular formula is C20H19N5O5S. The number of hydrogen-bond donors (Lipinski definition) is 3. The van der Waals surface area contributed by atoms with Crippen LogP contribution < -0.4 is 16.0 Å². The van der Waals surface area contributed by atoms with Gasteiger partial charge in [-0.05, 0) is 48.6 Å². The maximum absolute atomic E-state index is 12.7. The van der Waals surface area contributed by atoms with Crippen LogP contribution in [0.25, 0.3) is 0 Å². The van der Waals surface area contributed by atoms with E-state index in [1.807, 2.05) is 0 Å². The summed E-state index contributed by atoms with van der Waals surface area (Å²) in [5, 5.41) is 8.05. The van der Waals surface area contributed by atoms with E-state index in [1.54, 1.807) is 53.6 Å². The summed E-state index contributed by atoms with van der Waals surface area (Å²) in [5.41, 5.74) is 1.17. The predicted molar refractivity (Wildman–Crippen MR) is 115 cm³/mol. The molecule has 0 bridgehead atoms. The first-order valence-electron chi connectivity index (χ1n) is 9.36. The molecule has 4 rings (SSSR count). The van der Waals surface area contributed by atoms with Gasteiger partial charge in [-0.2, -0.15) is 0 Å².